The molecule has 1 aliphatic rings. The zero-order chi connectivity index (χ0) is 13.0. The minimum Gasteiger partial charge on any atom is -0.508 e. The molecule has 0 spiro atoms. The van der Waals surface area contributed by atoms with Crippen LogP contribution in [0, 0.1) is 0 Å². The summed E-state index contributed by atoms with van der Waals surface area (Å²) in [5, 5.41) is 13.3. The van der Waals surface area contributed by atoms with E-state index in [-0.39, 0.29) is 0 Å². The van der Waals surface area contributed by atoms with Crippen molar-refractivity contribution in [2.24, 2.45) is 0 Å². The average molecular weight is 249 g/mol. The summed E-state index contributed by atoms with van der Waals surface area (Å²) < 4.78 is 5.24. The van der Waals surface area contributed by atoms with Crippen molar-refractivity contribution in [1.29, 1.82) is 0 Å². The van der Waals surface area contributed by atoms with Crippen molar-refractivity contribution in [2.75, 3.05) is 13.7 Å². The van der Waals surface area contributed by atoms with Gasteiger partial charge in [0.2, 0.25) is 0 Å². The van der Waals surface area contributed by atoms with Crippen LogP contribution in [-0.4, -0.2) is 24.9 Å². The molecule has 3 heteroatoms. The molecule has 0 saturated heterocycles. The van der Waals surface area contributed by atoms with Crippen LogP contribution in [0.25, 0.3) is 0 Å². The maximum atomic E-state index is 9.65. The monoisotopic (exact) mass is 249 g/mol. The van der Waals surface area contributed by atoms with E-state index >= 15 is 0 Å². The summed E-state index contributed by atoms with van der Waals surface area (Å²) in [6, 6.07) is 6.48. The number of aryl methyl sites for hydroxylation is 1. The summed E-state index contributed by atoms with van der Waals surface area (Å²) >= 11 is 0. The van der Waals surface area contributed by atoms with Gasteiger partial charge in [-0.3, -0.25) is 0 Å². The smallest absolute Gasteiger partial charge is 0.115 e. The minimum atomic E-state index is 0.348. The lowest BCUT2D eigenvalue weighted by Crippen LogP contribution is -2.37. The fourth-order valence-corrected chi connectivity index (χ4v) is 2.73. The number of benzene rings is 1. The lowest BCUT2D eigenvalue weighted by atomic mass is 9.87. The molecule has 1 aromatic carbocycles. The zero-order valence-corrected chi connectivity index (χ0v) is 11.3. The van der Waals surface area contributed by atoms with Crippen LogP contribution < -0.4 is 5.32 Å². The summed E-state index contributed by atoms with van der Waals surface area (Å²) in [4.78, 5) is 0. The lowest BCUT2D eigenvalue weighted by Gasteiger charge is -2.30. The van der Waals surface area contributed by atoms with E-state index in [1.807, 2.05) is 6.07 Å². The number of hydrogen-bond donors (Lipinski definition) is 2. The molecule has 0 radical (unpaired) electrons. The number of methoxy groups -OCH3 is 1. The number of ether oxygens (including phenoxy) is 1. The van der Waals surface area contributed by atoms with Crippen LogP contribution in [0.2, 0.25) is 0 Å². The number of nitrogens with one attached hydrogen (secondary N) is 1. The molecule has 3 nitrogen and oxygen atoms in total. The van der Waals surface area contributed by atoms with Crippen molar-refractivity contribution < 1.29 is 9.84 Å². The third kappa shape index (κ3) is 3.03. The molecule has 1 aromatic rings. The van der Waals surface area contributed by atoms with Gasteiger partial charge >= 0.3 is 0 Å². The Bertz CT molecular complexity index is 392. The fraction of sp³-hybridized carbons (Fsp3) is 0.600. The van der Waals surface area contributed by atoms with Crippen molar-refractivity contribution in [2.45, 2.75) is 44.7 Å². The zero-order valence-electron chi connectivity index (χ0n) is 11.3. The number of aromatic hydroxyl groups is 1. The van der Waals surface area contributed by atoms with Gasteiger partial charge in [0.05, 0.1) is 6.61 Å². The predicted molar refractivity (Wildman–Crippen MR) is 72.9 cm³/mol. The van der Waals surface area contributed by atoms with E-state index in [2.05, 4.69) is 18.3 Å². The number of rotatable bonds is 5. The number of fused-ring (bicyclic) bond motifs is 1. The quantitative estimate of drug-likeness (QED) is 0.843. The Labute approximate surface area is 109 Å². The first-order chi connectivity index (χ1) is 8.74. The molecule has 0 bridgehead atoms. The maximum absolute atomic E-state index is 9.65. The summed E-state index contributed by atoms with van der Waals surface area (Å²) in [7, 11) is 1.74. The Morgan fingerprint density at radius 2 is 2.33 bits per heavy atom. The Kier molecular flexibility index (Phi) is 4.61. The van der Waals surface area contributed by atoms with Gasteiger partial charge in [-0.25, -0.2) is 0 Å². The molecule has 2 unspecified atom stereocenters. The van der Waals surface area contributed by atoms with E-state index in [0.29, 0.717) is 17.8 Å². The highest BCUT2D eigenvalue weighted by Gasteiger charge is 2.22. The molecule has 0 aliphatic heterocycles. The predicted octanol–water partition coefficient (Wildman–Crippen LogP) is 2.78. The van der Waals surface area contributed by atoms with E-state index in [9.17, 15) is 5.11 Å². The highest BCUT2D eigenvalue weighted by molar-refractivity contribution is 5.38. The molecule has 0 saturated carbocycles. The molecular weight excluding hydrogens is 226 g/mol. The molecule has 18 heavy (non-hydrogen) atoms. The van der Waals surface area contributed by atoms with Crippen LogP contribution in [-0.2, 0) is 11.2 Å². The topological polar surface area (TPSA) is 41.5 Å². The first kappa shape index (κ1) is 13.4. The number of phenolic OH excluding ortho intramolecular Hbond substituents is 1. The van der Waals surface area contributed by atoms with Gasteiger partial charge in [-0.05, 0) is 48.9 Å². The molecule has 2 N–H and O–H groups in total. The molecule has 1 aliphatic carbocycles. The molecular formula is C15H23NO2. The van der Waals surface area contributed by atoms with Gasteiger partial charge in [0.1, 0.15) is 5.75 Å². The van der Waals surface area contributed by atoms with Crippen molar-refractivity contribution in [3.05, 3.63) is 29.3 Å². The normalized spacial score (nSPS) is 20.4. The van der Waals surface area contributed by atoms with E-state index < -0.39 is 0 Å². The standard InChI is InChI=1S/C15H23NO2/c1-3-12(10-18-2)16-15-6-4-5-11-7-8-13(17)9-14(11)15/h7-9,12,15-17H,3-6,10H2,1-2H3. The van der Waals surface area contributed by atoms with Crippen LogP contribution >= 0.6 is 0 Å². The lowest BCUT2D eigenvalue weighted by molar-refractivity contribution is 0.156. The maximum Gasteiger partial charge on any atom is 0.115 e. The molecule has 0 fully saturated rings. The SMILES string of the molecule is CCC(COC)NC1CCCc2ccc(O)cc21. The van der Waals surface area contributed by atoms with Gasteiger partial charge in [-0.2, -0.15) is 0 Å². The largest absolute Gasteiger partial charge is 0.508 e. The summed E-state index contributed by atoms with van der Waals surface area (Å²) in [5.74, 6) is 0.363. The van der Waals surface area contributed by atoms with Crippen LogP contribution in [0.15, 0.2) is 18.2 Å². The van der Waals surface area contributed by atoms with Crippen molar-refractivity contribution in [3.8, 4) is 5.75 Å². The third-order valence-corrected chi connectivity index (χ3v) is 3.74. The third-order valence-electron chi connectivity index (χ3n) is 3.74. The summed E-state index contributed by atoms with van der Waals surface area (Å²) in [5.41, 5.74) is 2.62. The van der Waals surface area contributed by atoms with Crippen molar-refractivity contribution in [1.82, 2.24) is 5.32 Å². The van der Waals surface area contributed by atoms with Gasteiger partial charge in [-0.15, -0.1) is 0 Å². The van der Waals surface area contributed by atoms with Crippen molar-refractivity contribution >= 4 is 0 Å². The molecule has 100 valence electrons. The summed E-state index contributed by atoms with van der Waals surface area (Å²) in [6.07, 6.45) is 4.52. The first-order valence-corrected chi connectivity index (χ1v) is 6.81. The number of phenols is 1. The molecule has 2 rings (SSSR count). The van der Waals surface area contributed by atoms with Crippen molar-refractivity contribution in [3.63, 3.8) is 0 Å². The Hall–Kier alpha value is -1.06. The van der Waals surface area contributed by atoms with Gasteiger partial charge in [-0.1, -0.05) is 13.0 Å². The van der Waals surface area contributed by atoms with E-state index in [4.69, 9.17) is 4.74 Å². The Morgan fingerprint density at radius 1 is 1.50 bits per heavy atom. The second-order valence-corrected chi connectivity index (χ2v) is 5.06. The molecule has 0 aromatic heterocycles. The van der Waals surface area contributed by atoms with E-state index in [1.165, 1.54) is 17.5 Å². The Morgan fingerprint density at radius 3 is 3.06 bits per heavy atom. The molecule has 2 atom stereocenters. The van der Waals surface area contributed by atoms with Gasteiger partial charge in [0.15, 0.2) is 0 Å². The second-order valence-electron chi connectivity index (χ2n) is 5.06. The number of hydrogen-bond acceptors (Lipinski definition) is 3. The molecule has 0 amide bonds. The average Bonchev–Trinajstić information content (AvgIpc) is 2.38. The second kappa shape index (κ2) is 6.21. The van der Waals surface area contributed by atoms with Crippen LogP contribution in [0.4, 0.5) is 0 Å². The van der Waals surface area contributed by atoms with Crippen LogP contribution in [0.1, 0.15) is 43.4 Å². The van der Waals surface area contributed by atoms with Gasteiger partial charge in [0, 0.05) is 19.2 Å². The van der Waals surface area contributed by atoms with Crippen LogP contribution in [0.3, 0.4) is 0 Å². The first-order valence-electron chi connectivity index (χ1n) is 6.81. The van der Waals surface area contributed by atoms with Gasteiger partial charge < -0.3 is 15.2 Å². The van der Waals surface area contributed by atoms with Gasteiger partial charge in [0.25, 0.3) is 0 Å². The fourth-order valence-electron chi connectivity index (χ4n) is 2.73. The highest BCUT2D eigenvalue weighted by atomic mass is 16.5. The van der Waals surface area contributed by atoms with E-state index in [0.717, 1.165) is 25.9 Å². The van der Waals surface area contributed by atoms with E-state index in [1.54, 1.807) is 13.2 Å². The van der Waals surface area contributed by atoms with Crippen LogP contribution in [0.5, 0.6) is 5.75 Å². The Balaban J connectivity index is 2.13. The highest BCUT2D eigenvalue weighted by Crippen LogP contribution is 2.32. The molecule has 0 heterocycles. The minimum absolute atomic E-state index is 0.348. The summed E-state index contributed by atoms with van der Waals surface area (Å²) in [6.45, 7) is 2.91.